The summed E-state index contributed by atoms with van der Waals surface area (Å²) in [4.78, 5) is 17.2. The number of fused-ring (bicyclic) bond motifs is 1. The summed E-state index contributed by atoms with van der Waals surface area (Å²) >= 11 is 12.2. The first kappa shape index (κ1) is 24.8. The summed E-state index contributed by atoms with van der Waals surface area (Å²) in [5.41, 5.74) is 2.49. The zero-order chi connectivity index (χ0) is 22.2. The molecule has 0 aliphatic rings. The molecule has 0 fully saturated rings. The predicted molar refractivity (Wildman–Crippen MR) is 121 cm³/mol. The van der Waals surface area contributed by atoms with Crippen LogP contribution in [0.25, 0.3) is 11.0 Å². The third kappa shape index (κ3) is 5.20. The van der Waals surface area contributed by atoms with E-state index in [0.717, 1.165) is 11.4 Å². The average molecular weight is 497 g/mol. The fraction of sp³-hybridized carbons (Fsp3) is 0.0909. The summed E-state index contributed by atoms with van der Waals surface area (Å²) in [5.74, 6) is 0.00375. The maximum absolute atomic E-state index is 12.7. The Hall–Kier alpha value is -1.87. The largest absolute Gasteiger partial charge is 1.00 e. The van der Waals surface area contributed by atoms with Crippen molar-refractivity contribution in [1.29, 1.82) is 0 Å². The number of rotatable bonds is 5. The number of benzene rings is 3. The molecule has 0 bridgehead atoms. The third-order valence-electron chi connectivity index (χ3n) is 4.82. The second kappa shape index (κ2) is 9.95. The van der Waals surface area contributed by atoms with Gasteiger partial charge in [0.05, 0.1) is 22.5 Å². The van der Waals surface area contributed by atoms with Gasteiger partial charge in [0.25, 0.3) is 15.9 Å². The van der Waals surface area contributed by atoms with Crippen molar-refractivity contribution >= 4 is 50.2 Å². The van der Waals surface area contributed by atoms with Crippen LogP contribution in [0.5, 0.6) is 0 Å². The number of carbonyl (C=O) groups excluding carboxylic acids is 1. The monoisotopic (exact) mass is 496 g/mol. The molecule has 1 heterocycles. The molecular weight excluding hydrogens is 480 g/mol. The molecule has 158 valence electrons. The van der Waals surface area contributed by atoms with Crippen molar-refractivity contribution in [2.45, 2.75) is 18.4 Å². The van der Waals surface area contributed by atoms with Gasteiger partial charge in [0, 0.05) is 15.6 Å². The van der Waals surface area contributed by atoms with Crippen LogP contribution < -0.4 is 34.3 Å². The number of nitrogens with one attached hydrogen (secondary N) is 1. The first-order valence-electron chi connectivity index (χ1n) is 9.27. The third-order valence-corrected chi connectivity index (χ3v) is 6.75. The number of carbonyl (C=O) groups is 1. The maximum atomic E-state index is 12.7. The van der Waals surface area contributed by atoms with Crippen LogP contribution in [0.15, 0.2) is 71.6 Å². The molecule has 0 aliphatic heterocycles. The van der Waals surface area contributed by atoms with Gasteiger partial charge in [0.2, 0.25) is 0 Å². The van der Waals surface area contributed by atoms with Crippen molar-refractivity contribution in [3.8, 4) is 0 Å². The molecule has 0 spiro atoms. The van der Waals surface area contributed by atoms with Crippen molar-refractivity contribution in [3.63, 3.8) is 0 Å². The van der Waals surface area contributed by atoms with Crippen molar-refractivity contribution < 1.29 is 42.8 Å². The molecule has 0 saturated heterocycles. The van der Waals surface area contributed by atoms with Crippen LogP contribution in [0.1, 0.15) is 21.7 Å². The molecule has 0 radical (unpaired) electrons. The van der Waals surface area contributed by atoms with Gasteiger partial charge < -0.3 is 4.57 Å². The Morgan fingerprint density at radius 2 is 1.78 bits per heavy atom. The van der Waals surface area contributed by atoms with E-state index in [2.05, 4.69) is 9.71 Å². The van der Waals surface area contributed by atoms with Crippen molar-refractivity contribution in [1.82, 2.24) is 14.3 Å². The van der Waals surface area contributed by atoms with Gasteiger partial charge in [0.1, 0.15) is 5.82 Å². The minimum atomic E-state index is -4.07. The van der Waals surface area contributed by atoms with Crippen molar-refractivity contribution in [3.05, 3.63) is 93.7 Å². The Morgan fingerprint density at radius 3 is 2.50 bits per heavy atom. The molecule has 6 nitrogen and oxygen atoms in total. The number of aromatic nitrogens is 2. The van der Waals surface area contributed by atoms with E-state index in [9.17, 15) is 13.2 Å². The van der Waals surface area contributed by atoms with Gasteiger partial charge in [-0.15, -0.1) is 0 Å². The molecule has 1 aromatic heterocycles. The number of imidazole rings is 1. The second-order valence-corrected chi connectivity index (χ2v) is 9.46. The summed E-state index contributed by atoms with van der Waals surface area (Å²) in [6, 6.07) is 18.0. The van der Waals surface area contributed by atoms with Crippen LogP contribution in [0.4, 0.5) is 0 Å². The summed E-state index contributed by atoms with van der Waals surface area (Å²) < 4.78 is 29.1. The number of halogens is 2. The summed E-state index contributed by atoms with van der Waals surface area (Å²) in [6.45, 7) is 2.33. The number of amides is 1. The van der Waals surface area contributed by atoms with Gasteiger partial charge in [-0.05, 0) is 55.0 Å². The van der Waals surface area contributed by atoms with Crippen LogP contribution >= 0.6 is 23.2 Å². The second-order valence-electron chi connectivity index (χ2n) is 6.93. The van der Waals surface area contributed by atoms with E-state index < -0.39 is 15.9 Å². The summed E-state index contributed by atoms with van der Waals surface area (Å²) in [5, 5.41) is 0.890. The van der Waals surface area contributed by atoms with E-state index in [4.69, 9.17) is 23.2 Å². The number of sulfonamides is 1. The Morgan fingerprint density at radius 1 is 1.03 bits per heavy atom. The normalized spacial score (nSPS) is 11.2. The van der Waals surface area contributed by atoms with E-state index in [-0.39, 0.29) is 45.0 Å². The van der Waals surface area contributed by atoms with Crippen LogP contribution in [0.3, 0.4) is 0 Å². The van der Waals surface area contributed by atoms with Gasteiger partial charge in [-0.1, -0.05) is 47.5 Å². The molecule has 1 N–H and O–H groups in total. The summed E-state index contributed by atoms with van der Waals surface area (Å²) in [6.07, 6.45) is 0. The first-order chi connectivity index (χ1) is 14.7. The minimum Gasteiger partial charge on any atom is -0.324 e. The molecule has 32 heavy (non-hydrogen) atoms. The molecule has 0 saturated carbocycles. The van der Waals surface area contributed by atoms with E-state index in [0.29, 0.717) is 22.6 Å². The van der Waals surface area contributed by atoms with Crippen LogP contribution in [-0.4, -0.2) is 23.9 Å². The molecule has 1 amide bonds. The molecule has 4 aromatic rings. The Kier molecular flexibility index (Phi) is 7.70. The van der Waals surface area contributed by atoms with Gasteiger partial charge in [-0.2, -0.15) is 0 Å². The average Bonchev–Trinajstić information content (AvgIpc) is 3.04. The van der Waals surface area contributed by atoms with Crippen LogP contribution in [0, 0.1) is 6.92 Å². The standard InChI is InChI=1S/C22H17Cl2N3O3S.Na/c1-14-25-20-10-9-15(11-21(20)27(14)13-16-5-2-3-8-19(16)24)22(28)26-31(29,30)18-7-4-6-17(23)12-18;/h2-12H,13H2,1H3,(H,26,28);/q;+1. The number of nitrogens with zero attached hydrogens (tertiary/aromatic N) is 2. The fourth-order valence-electron chi connectivity index (χ4n) is 3.25. The first-order valence-corrected chi connectivity index (χ1v) is 11.5. The molecule has 3 aromatic carbocycles. The topological polar surface area (TPSA) is 81.1 Å². The summed E-state index contributed by atoms with van der Waals surface area (Å²) in [7, 11) is -4.07. The van der Waals surface area contributed by atoms with E-state index in [1.807, 2.05) is 35.8 Å². The van der Waals surface area contributed by atoms with Gasteiger partial charge in [0.15, 0.2) is 0 Å². The zero-order valence-electron chi connectivity index (χ0n) is 17.3. The molecule has 0 aliphatic carbocycles. The predicted octanol–water partition coefficient (Wildman–Crippen LogP) is 1.82. The van der Waals surface area contributed by atoms with Gasteiger partial charge >= 0.3 is 29.6 Å². The SMILES string of the molecule is Cc1nc2ccc(C(=O)NS(=O)(=O)c3cccc(Cl)c3)cc2n1Cc1ccccc1Cl.[Na+]. The Balaban J connectivity index is 0.00000289. The van der Waals surface area contributed by atoms with Gasteiger partial charge in [-0.25, -0.2) is 18.1 Å². The smallest absolute Gasteiger partial charge is 0.324 e. The molecule has 0 unspecified atom stereocenters. The maximum Gasteiger partial charge on any atom is 1.00 e. The quantitative estimate of drug-likeness (QED) is 0.427. The number of aryl methyl sites for hydroxylation is 1. The van der Waals surface area contributed by atoms with Gasteiger partial charge in [-0.3, -0.25) is 4.79 Å². The van der Waals surface area contributed by atoms with E-state index in [1.165, 1.54) is 24.3 Å². The Labute approximate surface area is 217 Å². The van der Waals surface area contributed by atoms with Crippen molar-refractivity contribution in [2.24, 2.45) is 0 Å². The Bertz CT molecular complexity index is 1420. The molecule has 10 heteroatoms. The molecule has 0 atom stereocenters. The molecule has 4 rings (SSSR count). The van der Waals surface area contributed by atoms with E-state index in [1.54, 1.807) is 18.2 Å². The fourth-order valence-corrected chi connectivity index (χ4v) is 4.73. The van der Waals surface area contributed by atoms with Crippen LogP contribution in [-0.2, 0) is 16.6 Å². The zero-order valence-corrected chi connectivity index (χ0v) is 21.7. The van der Waals surface area contributed by atoms with Crippen molar-refractivity contribution in [2.75, 3.05) is 0 Å². The van der Waals surface area contributed by atoms with E-state index >= 15 is 0 Å². The number of hydrogen-bond acceptors (Lipinski definition) is 4. The van der Waals surface area contributed by atoms with Crippen LogP contribution in [0.2, 0.25) is 10.0 Å². The number of hydrogen-bond donors (Lipinski definition) is 1. The molecular formula is C22H17Cl2N3NaO3S+. The minimum absolute atomic E-state index is 0.